The van der Waals surface area contributed by atoms with Crippen LogP contribution in [-0.2, 0) is 11.3 Å². The third-order valence-corrected chi connectivity index (χ3v) is 6.26. The van der Waals surface area contributed by atoms with Gasteiger partial charge >= 0.3 is 0 Å². The average molecular weight is 440 g/mol. The molecule has 2 aromatic carbocycles. The number of hydrogen-bond donors (Lipinski definition) is 0. The van der Waals surface area contributed by atoms with E-state index in [-0.39, 0.29) is 23.8 Å². The van der Waals surface area contributed by atoms with Crippen LogP contribution in [0.25, 0.3) is 0 Å². The van der Waals surface area contributed by atoms with Crippen LogP contribution >= 0.6 is 0 Å². The minimum atomic E-state index is -0.282. The zero-order valence-electron chi connectivity index (χ0n) is 17.8. The Hall–Kier alpha value is -2.91. The van der Waals surface area contributed by atoms with Gasteiger partial charge in [0, 0.05) is 32.8 Å². The second-order valence-corrected chi connectivity index (χ2v) is 8.28. The Bertz CT molecular complexity index is 1030. The van der Waals surface area contributed by atoms with Gasteiger partial charge in [0.1, 0.15) is 11.6 Å². The van der Waals surface area contributed by atoms with E-state index in [4.69, 9.17) is 4.74 Å². The van der Waals surface area contributed by atoms with E-state index >= 15 is 0 Å². The molecule has 7 nitrogen and oxygen atoms in total. The van der Waals surface area contributed by atoms with Crippen LogP contribution in [0.5, 0.6) is 0 Å². The summed E-state index contributed by atoms with van der Waals surface area (Å²) in [6, 6.07) is 13.1. The van der Waals surface area contributed by atoms with Crippen molar-refractivity contribution in [2.24, 2.45) is 0 Å². The van der Waals surface area contributed by atoms with E-state index < -0.39 is 0 Å². The van der Waals surface area contributed by atoms with E-state index in [1.807, 2.05) is 16.8 Å². The van der Waals surface area contributed by atoms with Crippen LogP contribution in [0, 0.1) is 11.6 Å². The molecule has 0 N–H and O–H groups in total. The number of tetrazole rings is 1. The minimum Gasteiger partial charge on any atom is -0.376 e. The molecular weight excluding hydrogens is 414 g/mol. The summed E-state index contributed by atoms with van der Waals surface area (Å²) in [5.74, 6) is 0.221. The lowest BCUT2D eigenvalue weighted by molar-refractivity contribution is 0.0906. The zero-order valence-corrected chi connectivity index (χ0v) is 17.8. The fraction of sp³-hybridized carbons (Fsp3) is 0.435. The largest absolute Gasteiger partial charge is 0.376 e. The highest BCUT2D eigenvalue weighted by molar-refractivity contribution is 5.48. The third kappa shape index (κ3) is 4.35. The SMILES string of the molecule is Fc1ccc([C@H](c2nnnn2C[C@@H]2CCCO2)N2CCN(c3ccccc3F)CC2)cc1. The van der Waals surface area contributed by atoms with Gasteiger partial charge in [0.2, 0.25) is 0 Å². The highest BCUT2D eigenvalue weighted by Crippen LogP contribution is 2.30. The Labute approximate surface area is 185 Å². The van der Waals surface area contributed by atoms with Crippen molar-refractivity contribution in [2.45, 2.75) is 31.5 Å². The minimum absolute atomic E-state index is 0.101. The first kappa shape index (κ1) is 21.0. The standard InChI is InChI=1S/C23H26F2N6O/c24-18-9-7-17(8-10-18)22(23-26-27-28-31(23)16-19-4-3-15-32-19)30-13-11-29(12-14-30)21-6-2-1-5-20(21)25/h1-2,5-10,19,22H,3-4,11-16H2/t19-,22+/m0/s1. The molecule has 0 saturated carbocycles. The topological polar surface area (TPSA) is 59.3 Å². The van der Waals surface area contributed by atoms with Crippen LogP contribution in [0.4, 0.5) is 14.5 Å². The molecule has 2 fully saturated rings. The van der Waals surface area contributed by atoms with E-state index in [0.717, 1.165) is 25.0 Å². The van der Waals surface area contributed by atoms with Gasteiger partial charge in [-0.3, -0.25) is 4.90 Å². The Morgan fingerprint density at radius 3 is 2.50 bits per heavy atom. The van der Waals surface area contributed by atoms with Gasteiger partial charge in [-0.15, -0.1) is 5.10 Å². The number of para-hydroxylation sites is 1. The third-order valence-electron chi connectivity index (χ3n) is 6.26. The maximum atomic E-state index is 14.3. The molecule has 2 aliphatic heterocycles. The van der Waals surface area contributed by atoms with Gasteiger partial charge in [0.15, 0.2) is 5.82 Å². The van der Waals surface area contributed by atoms with Gasteiger partial charge < -0.3 is 9.64 Å². The molecule has 0 bridgehead atoms. The molecule has 3 aromatic rings. The van der Waals surface area contributed by atoms with Gasteiger partial charge in [-0.1, -0.05) is 24.3 Å². The highest BCUT2D eigenvalue weighted by atomic mass is 19.1. The van der Waals surface area contributed by atoms with Crippen LogP contribution in [0.3, 0.4) is 0 Å². The van der Waals surface area contributed by atoms with E-state index in [2.05, 4.69) is 25.3 Å². The Balaban J connectivity index is 1.40. The van der Waals surface area contributed by atoms with Crippen molar-refractivity contribution >= 4 is 5.69 Å². The van der Waals surface area contributed by atoms with Crippen molar-refractivity contribution in [3.05, 3.63) is 71.6 Å². The maximum absolute atomic E-state index is 14.3. The number of hydrogen-bond acceptors (Lipinski definition) is 6. The molecule has 0 radical (unpaired) electrons. The molecule has 3 heterocycles. The van der Waals surface area contributed by atoms with Crippen molar-refractivity contribution in [1.29, 1.82) is 0 Å². The fourth-order valence-electron chi connectivity index (χ4n) is 4.62. The summed E-state index contributed by atoms with van der Waals surface area (Å²) in [5.41, 5.74) is 1.54. The first-order valence-electron chi connectivity index (χ1n) is 11.1. The molecule has 0 unspecified atom stereocenters. The van der Waals surface area contributed by atoms with E-state index in [0.29, 0.717) is 44.2 Å². The number of nitrogens with zero attached hydrogens (tertiary/aromatic N) is 6. The van der Waals surface area contributed by atoms with Crippen molar-refractivity contribution in [2.75, 3.05) is 37.7 Å². The Morgan fingerprint density at radius 1 is 1.00 bits per heavy atom. The second-order valence-electron chi connectivity index (χ2n) is 8.28. The van der Waals surface area contributed by atoms with Crippen molar-refractivity contribution in [1.82, 2.24) is 25.1 Å². The summed E-state index contributed by atoms with van der Waals surface area (Å²) in [4.78, 5) is 4.34. The molecule has 9 heteroatoms. The lowest BCUT2D eigenvalue weighted by Gasteiger charge is -2.40. The van der Waals surface area contributed by atoms with E-state index in [1.54, 1.807) is 18.2 Å². The normalized spacial score (nSPS) is 20.6. The van der Waals surface area contributed by atoms with Crippen molar-refractivity contribution < 1.29 is 13.5 Å². The summed E-state index contributed by atoms with van der Waals surface area (Å²) >= 11 is 0. The lowest BCUT2D eigenvalue weighted by Crippen LogP contribution is -2.48. The van der Waals surface area contributed by atoms with Gasteiger partial charge in [-0.2, -0.15) is 0 Å². The number of rotatable bonds is 6. The molecule has 0 spiro atoms. The lowest BCUT2D eigenvalue weighted by atomic mass is 10.0. The number of aromatic nitrogens is 4. The summed E-state index contributed by atoms with van der Waals surface area (Å²) in [6.07, 6.45) is 2.13. The molecule has 0 aliphatic carbocycles. The number of benzene rings is 2. The summed E-state index contributed by atoms with van der Waals surface area (Å²) in [7, 11) is 0. The molecule has 1 aromatic heterocycles. The molecule has 32 heavy (non-hydrogen) atoms. The maximum Gasteiger partial charge on any atom is 0.173 e. The van der Waals surface area contributed by atoms with Gasteiger partial charge in [-0.05, 0) is 53.1 Å². The number of ether oxygens (including phenoxy) is 1. The number of piperazine rings is 1. The van der Waals surface area contributed by atoms with Crippen molar-refractivity contribution in [3.8, 4) is 0 Å². The number of anilines is 1. The van der Waals surface area contributed by atoms with Crippen LogP contribution in [-0.4, -0.2) is 64.0 Å². The molecule has 2 saturated heterocycles. The molecule has 2 aliphatic rings. The second kappa shape index (κ2) is 9.30. The van der Waals surface area contributed by atoms with Crippen LogP contribution in [0.15, 0.2) is 48.5 Å². The number of halogens is 2. The van der Waals surface area contributed by atoms with Crippen LogP contribution in [0.2, 0.25) is 0 Å². The summed E-state index contributed by atoms with van der Waals surface area (Å²) < 4.78 is 35.5. The first-order chi connectivity index (χ1) is 15.7. The summed E-state index contributed by atoms with van der Waals surface area (Å²) in [5, 5.41) is 12.5. The first-order valence-corrected chi connectivity index (χ1v) is 11.1. The molecule has 2 atom stereocenters. The van der Waals surface area contributed by atoms with Crippen LogP contribution in [0.1, 0.15) is 30.3 Å². The Kier molecular flexibility index (Phi) is 6.09. The molecule has 5 rings (SSSR count). The summed E-state index contributed by atoms with van der Waals surface area (Å²) in [6.45, 7) is 4.10. The van der Waals surface area contributed by atoms with Gasteiger partial charge in [0.05, 0.1) is 24.4 Å². The molecule has 0 amide bonds. The van der Waals surface area contributed by atoms with Crippen LogP contribution < -0.4 is 4.90 Å². The molecule has 168 valence electrons. The predicted molar refractivity (Wildman–Crippen MR) is 115 cm³/mol. The zero-order chi connectivity index (χ0) is 21.9. The Morgan fingerprint density at radius 2 is 1.78 bits per heavy atom. The quantitative estimate of drug-likeness (QED) is 0.587. The predicted octanol–water partition coefficient (Wildman–Crippen LogP) is 3.04. The highest BCUT2D eigenvalue weighted by Gasteiger charge is 2.32. The van der Waals surface area contributed by atoms with Gasteiger partial charge in [-0.25, -0.2) is 13.5 Å². The molecular formula is C23H26F2N6O. The fourth-order valence-corrected chi connectivity index (χ4v) is 4.62. The smallest absolute Gasteiger partial charge is 0.173 e. The van der Waals surface area contributed by atoms with E-state index in [9.17, 15) is 8.78 Å². The van der Waals surface area contributed by atoms with Crippen molar-refractivity contribution in [3.63, 3.8) is 0 Å². The van der Waals surface area contributed by atoms with E-state index in [1.165, 1.54) is 18.2 Å². The average Bonchev–Trinajstić information content (AvgIpc) is 3.49. The monoisotopic (exact) mass is 440 g/mol. The van der Waals surface area contributed by atoms with Gasteiger partial charge in [0.25, 0.3) is 0 Å².